The number of aliphatic hydroxyl groups excluding tert-OH is 1. The fraction of sp³-hybridized carbons (Fsp3) is 0.366. The highest BCUT2D eigenvalue weighted by Gasteiger charge is 2.34. The number of rotatable bonds is 14. The Balaban J connectivity index is 1.16. The molecule has 274 valence electrons. The zero-order valence-corrected chi connectivity index (χ0v) is 29.7. The Kier molecular flexibility index (Phi) is 12.5. The van der Waals surface area contributed by atoms with E-state index in [-0.39, 0.29) is 37.6 Å². The van der Waals surface area contributed by atoms with Crippen LogP contribution >= 0.6 is 0 Å². The second-order valence-electron chi connectivity index (χ2n) is 13.3. The molecule has 52 heavy (non-hydrogen) atoms. The molecule has 0 saturated carbocycles. The van der Waals surface area contributed by atoms with E-state index in [0.717, 1.165) is 70.9 Å². The van der Waals surface area contributed by atoms with Crippen LogP contribution in [-0.2, 0) is 45.2 Å². The lowest BCUT2D eigenvalue weighted by Gasteiger charge is -2.39. The first-order valence-electron chi connectivity index (χ1n) is 17.7. The smallest absolute Gasteiger partial charge is 0.243 e. The molecular formula is C41H47N3O8. The van der Waals surface area contributed by atoms with Crippen LogP contribution < -0.4 is 20.3 Å². The summed E-state index contributed by atoms with van der Waals surface area (Å²) in [5, 5.41) is 21.2. The van der Waals surface area contributed by atoms with Crippen molar-refractivity contribution in [2.75, 3.05) is 27.3 Å². The fourth-order valence-corrected chi connectivity index (χ4v) is 6.94. The second kappa shape index (κ2) is 17.6. The first-order valence-corrected chi connectivity index (χ1v) is 17.7. The number of aliphatic hydroxyl groups is 1. The number of carbonyl (C=O) groups excluding carboxylic acids is 2. The SMILES string of the molecule is COc1cc2c(cc1OC)CN(C[C@H]1C[C@@H](c3ccc(CO)cc3)O[C@@H](c3ccc(-c4ccccc4CNC(=O)CCCC(=O)NO)cc3)O1)CC2. The number of ether oxygens (including phenoxy) is 4. The molecule has 2 heterocycles. The molecule has 0 bridgehead atoms. The maximum atomic E-state index is 12.4. The second-order valence-corrected chi connectivity index (χ2v) is 13.3. The average molecular weight is 710 g/mol. The molecule has 0 spiro atoms. The molecule has 6 rings (SSSR count). The molecule has 0 unspecified atom stereocenters. The molecule has 2 aliphatic heterocycles. The van der Waals surface area contributed by atoms with Crippen molar-refractivity contribution >= 4 is 11.8 Å². The number of fused-ring (bicyclic) bond motifs is 1. The standard InChI is InChI=1S/C41H47N3O8/c1-49-37-20-31-18-19-44(24-33(31)21-38(37)50-2)25-34-22-36(29-12-10-27(26-45)11-13-29)52-41(51-34)30-16-14-28(15-17-30)35-7-4-3-6-32(35)23-42-39(46)8-5-9-40(47)43-48/h3-4,6-7,10-17,20-21,34,36,41,45,48H,5,8-9,18-19,22-26H2,1-2H3,(H,42,46)(H,43,47)/t34-,36+,41+/m1/s1. The van der Waals surface area contributed by atoms with Crippen molar-refractivity contribution in [1.82, 2.24) is 15.7 Å². The van der Waals surface area contributed by atoms with E-state index in [9.17, 15) is 14.7 Å². The first-order chi connectivity index (χ1) is 25.4. The van der Waals surface area contributed by atoms with Crippen LogP contribution in [-0.4, -0.2) is 60.4 Å². The molecule has 0 aromatic heterocycles. The van der Waals surface area contributed by atoms with Crippen molar-refractivity contribution in [3.8, 4) is 22.6 Å². The molecule has 1 saturated heterocycles. The summed E-state index contributed by atoms with van der Waals surface area (Å²) >= 11 is 0. The molecule has 0 aliphatic carbocycles. The van der Waals surface area contributed by atoms with E-state index in [4.69, 9.17) is 24.2 Å². The number of nitrogens with one attached hydrogen (secondary N) is 2. The van der Waals surface area contributed by atoms with Gasteiger partial charge in [-0.1, -0.05) is 72.8 Å². The van der Waals surface area contributed by atoms with Gasteiger partial charge in [-0.2, -0.15) is 0 Å². The number of nitrogens with zero attached hydrogens (tertiary/aromatic N) is 1. The normalized spacial score (nSPS) is 18.7. The van der Waals surface area contributed by atoms with Crippen LogP contribution in [0, 0.1) is 0 Å². The van der Waals surface area contributed by atoms with Gasteiger partial charge in [-0.3, -0.25) is 19.7 Å². The van der Waals surface area contributed by atoms with Crippen molar-refractivity contribution in [3.63, 3.8) is 0 Å². The lowest BCUT2D eigenvalue weighted by atomic mass is 9.96. The molecule has 2 amide bonds. The molecule has 4 aromatic rings. The fourth-order valence-electron chi connectivity index (χ4n) is 6.94. The summed E-state index contributed by atoms with van der Waals surface area (Å²) < 4.78 is 24.4. The number of hydrogen-bond donors (Lipinski definition) is 4. The number of methoxy groups -OCH3 is 2. The number of hydrogen-bond acceptors (Lipinski definition) is 9. The van der Waals surface area contributed by atoms with E-state index in [1.165, 1.54) is 11.1 Å². The highest BCUT2D eigenvalue weighted by molar-refractivity contribution is 5.78. The van der Waals surface area contributed by atoms with Crippen LogP contribution in [0.3, 0.4) is 0 Å². The van der Waals surface area contributed by atoms with E-state index >= 15 is 0 Å². The van der Waals surface area contributed by atoms with Crippen molar-refractivity contribution < 1.29 is 38.9 Å². The van der Waals surface area contributed by atoms with Gasteiger partial charge in [0.1, 0.15) is 0 Å². The molecule has 4 N–H and O–H groups in total. The molecular weight excluding hydrogens is 662 g/mol. The van der Waals surface area contributed by atoms with E-state index < -0.39 is 12.2 Å². The Morgan fingerprint density at radius 1 is 0.865 bits per heavy atom. The van der Waals surface area contributed by atoms with Gasteiger partial charge in [-0.15, -0.1) is 0 Å². The van der Waals surface area contributed by atoms with Crippen LogP contribution in [0.4, 0.5) is 0 Å². The number of benzene rings is 4. The van der Waals surface area contributed by atoms with Crippen molar-refractivity contribution in [3.05, 3.63) is 118 Å². The number of carbonyl (C=O) groups is 2. The predicted molar refractivity (Wildman–Crippen MR) is 194 cm³/mol. The van der Waals surface area contributed by atoms with E-state index in [1.807, 2.05) is 72.8 Å². The summed E-state index contributed by atoms with van der Waals surface area (Å²) in [5.41, 5.74) is 9.85. The summed E-state index contributed by atoms with van der Waals surface area (Å²) in [6.07, 6.45) is 1.34. The first kappa shape index (κ1) is 37.0. The van der Waals surface area contributed by atoms with Gasteiger partial charge in [0.2, 0.25) is 11.8 Å². The van der Waals surface area contributed by atoms with Crippen LogP contribution in [0.1, 0.15) is 71.5 Å². The Labute approximate surface area is 304 Å². The largest absolute Gasteiger partial charge is 0.493 e. The van der Waals surface area contributed by atoms with Gasteiger partial charge >= 0.3 is 0 Å². The Morgan fingerprint density at radius 3 is 2.27 bits per heavy atom. The summed E-state index contributed by atoms with van der Waals surface area (Å²) in [4.78, 5) is 26.1. The zero-order chi connectivity index (χ0) is 36.5. The highest BCUT2D eigenvalue weighted by atomic mass is 16.7. The Hall–Kier alpha value is -4.78. The quantitative estimate of drug-likeness (QED) is 0.0952. The Bertz CT molecular complexity index is 1810. The molecule has 4 aromatic carbocycles. The van der Waals surface area contributed by atoms with Crippen LogP contribution in [0.25, 0.3) is 11.1 Å². The third kappa shape index (κ3) is 9.17. The van der Waals surface area contributed by atoms with Gasteiger partial charge < -0.3 is 29.4 Å². The average Bonchev–Trinajstić information content (AvgIpc) is 3.19. The summed E-state index contributed by atoms with van der Waals surface area (Å²) in [5.74, 6) is 0.811. The summed E-state index contributed by atoms with van der Waals surface area (Å²) in [6.45, 7) is 2.76. The van der Waals surface area contributed by atoms with E-state index in [0.29, 0.717) is 19.4 Å². The highest BCUT2D eigenvalue weighted by Crippen LogP contribution is 2.40. The monoisotopic (exact) mass is 709 g/mol. The maximum absolute atomic E-state index is 12.4. The van der Waals surface area contributed by atoms with Gasteiger partial charge in [-0.25, -0.2) is 5.48 Å². The lowest BCUT2D eigenvalue weighted by Crippen LogP contribution is -2.41. The topological polar surface area (TPSA) is 139 Å². The molecule has 1 fully saturated rings. The van der Waals surface area contributed by atoms with Crippen LogP contribution in [0.15, 0.2) is 84.9 Å². The predicted octanol–water partition coefficient (Wildman–Crippen LogP) is 5.76. The lowest BCUT2D eigenvalue weighted by molar-refractivity contribution is -0.253. The molecule has 0 radical (unpaired) electrons. The zero-order valence-electron chi connectivity index (χ0n) is 29.7. The van der Waals surface area contributed by atoms with Crippen LogP contribution in [0.2, 0.25) is 0 Å². The minimum atomic E-state index is -0.584. The molecule has 11 heteroatoms. The maximum Gasteiger partial charge on any atom is 0.243 e. The van der Waals surface area contributed by atoms with Crippen molar-refractivity contribution in [1.29, 1.82) is 0 Å². The number of amides is 2. The summed E-state index contributed by atoms with van der Waals surface area (Å²) in [6, 6.07) is 28.2. The van der Waals surface area contributed by atoms with Gasteiger partial charge in [0.15, 0.2) is 17.8 Å². The van der Waals surface area contributed by atoms with Gasteiger partial charge in [0, 0.05) is 51.0 Å². The van der Waals surface area contributed by atoms with Crippen molar-refractivity contribution in [2.24, 2.45) is 0 Å². The van der Waals surface area contributed by atoms with Crippen LogP contribution in [0.5, 0.6) is 11.5 Å². The number of hydroxylamine groups is 1. The van der Waals surface area contributed by atoms with Crippen molar-refractivity contribution in [2.45, 2.75) is 70.3 Å². The molecule has 11 nitrogen and oxygen atoms in total. The molecule has 2 aliphatic rings. The van der Waals surface area contributed by atoms with Gasteiger partial charge in [0.05, 0.1) is 33.0 Å². The van der Waals surface area contributed by atoms with Gasteiger partial charge in [0.25, 0.3) is 0 Å². The third-order valence-electron chi connectivity index (χ3n) is 9.79. The summed E-state index contributed by atoms with van der Waals surface area (Å²) in [7, 11) is 3.32. The minimum Gasteiger partial charge on any atom is -0.493 e. The van der Waals surface area contributed by atoms with E-state index in [2.05, 4.69) is 22.3 Å². The molecule has 3 atom stereocenters. The Morgan fingerprint density at radius 2 is 1.56 bits per heavy atom. The third-order valence-corrected chi connectivity index (χ3v) is 9.79. The minimum absolute atomic E-state index is 0.0133. The van der Waals surface area contributed by atoms with Gasteiger partial charge in [-0.05, 0) is 63.9 Å². The van der Waals surface area contributed by atoms with E-state index in [1.54, 1.807) is 19.7 Å².